The highest BCUT2D eigenvalue weighted by atomic mass is 35.5. The normalized spacial score (nSPS) is 16.8. The van der Waals surface area contributed by atoms with E-state index in [0.29, 0.717) is 24.2 Å². The topological polar surface area (TPSA) is 46.9 Å². The summed E-state index contributed by atoms with van der Waals surface area (Å²) in [6.07, 6.45) is 7.76. The highest BCUT2D eigenvalue weighted by molar-refractivity contribution is 6.32. The number of aromatic nitrogens is 2. The summed E-state index contributed by atoms with van der Waals surface area (Å²) in [4.78, 5) is 12.1. The zero-order valence-electron chi connectivity index (χ0n) is 11.7. The molecule has 0 unspecified atom stereocenters. The third kappa shape index (κ3) is 3.72. The van der Waals surface area contributed by atoms with Crippen LogP contribution >= 0.6 is 11.6 Å². The fraction of sp³-hybridized carbons (Fsp3) is 0.714. The van der Waals surface area contributed by atoms with Crippen molar-refractivity contribution in [2.45, 2.75) is 58.5 Å². The molecule has 2 rings (SSSR count). The Hall–Kier alpha value is -1.03. The highest BCUT2D eigenvalue weighted by Gasteiger charge is 2.16. The van der Waals surface area contributed by atoms with Crippen LogP contribution in [0.2, 0.25) is 5.02 Å². The van der Waals surface area contributed by atoms with E-state index in [1.165, 1.54) is 23.9 Å². The van der Waals surface area contributed by atoms with Gasteiger partial charge in [0.25, 0.3) is 5.56 Å². The van der Waals surface area contributed by atoms with E-state index in [4.69, 9.17) is 11.6 Å². The van der Waals surface area contributed by atoms with Crippen LogP contribution in [0.4, 0.5) is 5.69 Å². The van der Waals surface area contributed by atoms with E-state index >= 15 is 0 Å². The van der Waals surface area contributed by atoms with Gasteiger partial charge in [-0.3, -0.25) is 4.79 Å². The average molecular weight is 284 g/mol. The monoisotopic (exact) mass is 283 g/mol. The van der Waals surface area contributed by atoms with Crippen LogP contribution in [0.15, 0.2) is 11.0 Å². The first kappa shape index (κ1) is 14.4. The highest BCUT2D eigenvalue weighted by Crippen LogP contribution is 2.24. The predicted molar refractivity (Wildman–Crippen MR) is 78.8 cm³/mol. The van der Waals surface area contributed by atoms with E-state index in [1.807, 2.05) is 0 Å². The number of hydrogen-bond donors (Lipinski definition) is 1. The molecule has 1 fully saturated rings. The Labute approximate surface area is 119 Å². The third-order valence-corrected chi connectivity index (χ3v) is 3.85. The Bertz CT molecular complexity index is 478. The first-order chi connectivity index (χ1) is 9.08. The van der Waals surface area contributed by atoms with Gasteiger partial charge in [-0.2, -0.15) is 5.10 Å². The van der Waals surface area contributed by atoms with Crippen molar-refractivity contribution in [2.75, 3.05) is 5.32 Å². The molecule has 0 spiro atoms. The minimum Gasteiger partial charge on any atom is -0.380 e. The molecule has 106 valence electrons. The number of nitrogens with one attached hydrogen (secondary N) is 1. The predicted octanol–water partition coefficient (Wildman–Crippen LogP) is 3.30. The summed E-state index contributed by atoms with van der Waals surface area (Å²) in [5.74, 6) is 0.374. The molecule has 1 heterocycles. The van der Waals surface area contributed by atoms with Crippen molar-refractivity contribution in [3.8, 4) is 0 Å². The second-order valence-corrected chi connectivity index (χ2v) is 6.11. The Morgan fingerprint density at radius 3 is 2.74 bits per heavy atom. The summed E-state index contributed by atoms with van der Waals surface area (Å²) in [7, 11) is 0. The Kier molecular flexibility index (Phi) is 4.86. The molecule has 0 saturated heterocycles. The minimum absolute atomic E-state index is 0.198. The van der Waals surface area contributed by atoms with E-state index < -0.39 is 0 Å². The molecule has 1 aromatic heterocycles. The van der Waals surface area contributed by atoms with Crippen molar-refractivity contribution in [3.05, 3.63) is 21.6 Å². The van der Waals surface area contributed by atoms with E-state index in [-0.39, 0.29) is 10.6 Å². The molecule has 0 atom stereocenters. The van der Waals surface area contributed by atoms with Gasteiger partial charge in [0.15, 0.2) is 0 Å². The van der Waals surface area contributed by atoms with Gasteiger partial charge in [-0.25, -0.2) is 4.68 Å². The summed E-state index contributed by atoms with van der Waals surface area (Å²) in [5.41, 5.74) is 0.481. The van der Waals surface area contributed by atoms with Crippen LogP contribution in [-0.4, -0.2) is 15.8 Å². The molecule has 0 bridgehead atoms. The standard InChI is InChI=1S/C14H22ClN3O/c1-10(2)9-18-14(19)13(15)12(8-16-18)17-11-6-4-3-5-7-11/h8,10-11,17H,3-7,9H2,1-2H3. The molecule has 1 aliphatic carbocycles. The quantitative estimate of drug-likeness (QED) is 0.922. The van der Waals surface area contributed by atoms with Crippen molar-refractivity contribution >= 4 is 17.3 Å². The molecule has 0 radical (unpaired) electrons. The lowest BCUT2D eigenvalue weighted by Crippen LogP contribution is -2.28. The van der Waals surface area contributed by atoms with Crippen LogP contribution in [0.1, 0.15) is 46.0 Å². The summed E-state index contributed by atoms with van der Waals surface area (Å²) < 4.78 is 1.44. The molecule has 4 nitrogen and oxygen atoms in total. The summed E-state index contributed by atoms with van der Waals surface area (Å²) in [5, 5.41) is 7.83. The van der Waals surface area contributed by atoms with Crippen LogP contribution in [-0.2, 0) is 6.54 Å². The molecule has 1 N–H and O–H groups in total. The Morgan fingerprint density at radius 1 is 1.42 bits per heavy atom. The number of nitrogens with zero attached hydrogens (tertiary/aromatic N) is 2. The van der Waals surface area contributed by atoms with Crippen molar-refractivity contribution < 1.29 is 0 Å². The minimum atomic E-state index is -0.198. The molecule has 0 aromatic carbocycles. The summed E-state index contributed by atoms with van der Waals surface area (Å²) in [6, 6.07) is 0.424. The lowest BCUT2D eigenvalue weighted by molar-refractivity contribution is 0.456. The number of hydrogen-bond acceptors (Lipinski definition) is 3. The smallest absolute Gasteiger partial charge is 0.287 e. The molecule has 0 aliphatic heterocycles. The first-order valence-electron chi connectivity index (χ1n) is 7.10. The average Bonchev–Trinajstić information content (AvgIpc) is 2.39. The van der Waals surface area contributed by atoms with Gasteiger partial charge in [0.05, 0.1) is 11.9 Å². The SMILES string of the molecule is CC(C)Cn1ncc(NC2CCCCC2)c(Cl)c1=O. The number of rotatable bonds is 4. The van der Waals surface area contributed by atoms with Gasteiger partial charge in [-0.15, -0.1) is 0 Å². The Morgan fingerprint density at radius 2 is 2.11 bits per heavy atom. The van der Waals surface area contributed by atoms with Crippen LogP contribution < -0.4 is 10.9 Å². The van der Waals surface area contributed by atoms with Gasteiger partial charge in [-0.05, 0) is 18.8 Å². The van der Waals surface area contributed by atoms with E-state index in [0.717, 1.165) is 12.8 Å². The van der Waals surface area contributed by atoms with E-state index in [1.54, 1.807) is 6.20 Å². The molecule has 0 amide bonds. The maximum absolute atomic E-state index is 12.1. The molecule has 1 aliphatic rings. The molecular formula is C14H22ClN3O. The maximum atomic E-state index is 12.1. The summed E-state index contributed by atoms with van der Waals surface area (Å²) >= 11 is 6.17. The Balaban J connectivity index is 2.13. The van der Waals surface area contributed by atoms with Gasteiger partial charge < -0.3 is 5.32 Å². The van der Waals surface area contributed by atoms with Gasteiger partial charge in [0, 0.05) is 12.6 Å². The molecule has 19 heavy (non-hydrogen) atoms. The molecule has 5 heteroatoms. The maximum Gasteiger partial charge on any atom is 0.287 e. The summed E-state index contributed by atoms with van der Waals surface area (Å²) in [6.45, 7) is 4.70. The van der Waals surface area contributed by atoms with Crippen molar-refractivity contribution in [2.24, 2.45) is 5.92 Å². The fourth-order valence-electron chi connectivity index (χ4n) is 2.51. The number of anilines is 1. The largest absolute Gasteiger partial charge is 0.380 e. The third-order valence-electron chi connectivity index (χ3n) is 3.49. The van der Waals surface area contributed by atoms with Crippen molar-refractivity contribution in [1.29, 1.82) is 0 Å². The first-order valence-corrected chi connectivity index (χ1v) is 7.48. The molecular weight excluding hydrogens is 262 g/mol. The van der Waals surface area contributed by atoms with E-state index in [2.05, 4.69) is 24.3 Å². The molecule has 1 aromatic rings. The van der Waals surface area contributed by atoms with Crippen molar-refractivity contribution in [3.63, 3.8) is 0 Å². The lowest BCUT2D eigenvalue weighted by Gasteiger charge is -2.24. The lowest BCUT2D eigenvalue weighted by atomic mass is 9.95. The van der Waals surface area contributed by atoms with Crippen LogP contribution in [0.5, 0.6) is 0 Å². The van der Waals surface area contributed by atoms with Gasteiger partial charge in [-0.1, -0.05) is 44.7 Å². The second kappa shape index (κ2) is 6.42. The zero-order valence-corrected chi connectivity index (χ0v) is 12.4. The zero-order chi connectivity index (χ0) is 13.8. The van der Waals surface area contributed by atoms with Crippen LogP contribution in [0.25, 0.3) is 0 Å². The van der Waals surface area contributed by atoms with Gasteiger partial charge >= 0.3 is 0 Å². The van der Waals surface area contributed by atoms with Crippen molar-refractivity contribution in [1.82, 2.24) is 9.78 Å². The van der Waals surface area contributed by atoms with Gasteiger partial charge in [0.1, 0.15) is 5.02 Å². The van der Waals surface area contributed by atoms with Crippen LogP contribution in [0.3, 0.4) is 0 Å². The van der Waals surface area contributed by atoms with E-state index in [9.17, 15) is 4.79 Å². The van der Waals surface area contributed by atoms with Crippen LogP contribution in [0, 0.1) is 5.92 Å². The fourth-order valence-corrected chi connectivity index (χ4v) is 2.71. The second-order valence-electron chi connectivity index (χ2n) is 5.73. The molecule has 1 saturated carbocycles. The van der Waals surface area contributed by atoms with Gasteiger partial charge in [0.2, 0.25) is 0 Å². The number of halogens is 1.